The standard InChI is InChI=1S/C25H19Br2ClN4O4/c1-13-8-15(14(2)32(13)16-5-6-21(28)18(9-16)25(34)35)11-30-31-22(33)12-36-24-20(27)10-19(26)17-4-3-7-29-23(17)24/h3-11H,12H2,1-2H3,(H,31,33)(H,34,35)/b30-11+. The van der Waals surface area contributed by atoms with Gasteiger partial charge in [-0.25, -0.2) is 10.2 Å². The Balaban J connectivity index is 1.46. The maximum absolute atomic E-state index is 12.4. The predicted molar refractivity (Wildman–Crippen MR) is 146 cm³/mol. The van der Waals surface area contributed by atoms with E-state index >= 15 is 0 Å². The van der Waals surface area contributed by atoms with E-state index in [2.05, 4.69) is 47.4 Å². The van der Waals surface area contributed by atoms with Gasteiger partial charge in [0.25, 0.3) is 5.91 Å². The molecule has 2 N–H and O–H groups in total. The van der Waals surface area contributed by atoms with Crippen LogP contribution in [-0.2, 0) is 4.79 Å². The van der Waals surface area contributed by atoms with Gasteiger partial charge in [-0.05, 0) is 66.2 Å². The number of amides is 1. The molecule has 0 fully saturated rings. The van der Waals surface area contributed by atoms with Crippen LogP contribution in [0.2, 0.25) is 5.02 Å². The van der Waals surface area contributed by atoms with E-state index in [-0.39, 0.29) is 17.2 Å². The molecule has 0 bridgehead atoms. The van der Waals surface area contributed by atoms with Crippen molar-refractivity contribution in [1.82, 2.24) is 15.0 Å². The van der Waals surface area contributed by atoms with Gasteiger partial charge in [-0.1, -0.05) is 33.6 Å². The SMILES string of the molecule is Cc1cc(/C=N/NC(=O)COc2c(Br)cc(Br)c3cccnc23)c(C)n1-c1ccc(Cl)c(C(=O)O)c1. The Hall–Kier alpha value is -3.21. The van der Waals surface area contributed by atoms with Gasteiger partial charge in [0.2, 0.25) is 0 Å². The van der Waals surface area contributed by atoms with Gasteiger partial charge in [0.15, 0.2) is 12.4 Å². The minimum absolute atomic E-state index is 0.0181. The van der Waals surface area contributed by atoms with E-state index in [1.54, 1.807) is 18.3 Å². The van der Waals surface area contributed by atoms with Crippen molar-refractivity contribution in [1.29, 1.82) is 0 Å². The van der Waals surface area contributed by atoms with Crippen molar-refractivity contribution in [3.8, 4) is 11.4 Å². The first kappa shape index (κ1) is 25.9. The van der Waals surface area contributed by atoms with Crippen molar-refractivity contribution in [2.45, 2.75) is 13.8 Å². The molecule has 0 aliphatic rings. The van der Waals surface area contributed by atoms with Crippen LogP contribution >= 0.6 is 43.5 Å². The molecule has 0 atom stereocenters. The summed E-state index contributed by atoms with van der Waals surface area (Å²) in [4.78, 5) is 28.2. The largest absolute Gasteiger partial charge is 0.480 e. The van der Waals surface area contributed by atoms with Gasteiger partial charge in [0.05, 0.1) is 21.3 Å². The highest BCUT2D eigenvalue weighted by Gasteiger charge is 2.15. The van der Waals surface area contributed by atoms with Crippen LogP contribution < -0.4 is 10.2 Å². The van der Waals surface area contributed by atoms with Crippen LogP contribution in [0.5, 0.6) is 5.75 Å². The highest BCUT2D eigenvalue weighted by atomic mass is 79.9. The first-order valence-electron chi connectivity index (χ1n) is 10.6. The van der Waals surface area contributed by atoms with Crippen molar-refractivity contribution < 1.29 is 19.4 Å². The molecule has 2 heterocycles. The fourth-order valence-electron chi connectivity index (χ4n) is 3.76. The molecule has 0 saturated heterocycles. The number of carbonyl (C=O) groups excluding carboxylic acids is 1. The quantitative estimate of drug-likeness (QED) is 0.190. The summed E-state index contributed by atoms with van der Waals surface area (Å²) in [5, 5.41) is 14.5. The van der Waals surface area contributed by atoms with Crippen LogP contribution in [-0.4, -0.2) is 39.4 Å². The van der Waals surface area contributed by atoms with E-state index in [4.69, 9.17) is 16.3 Å². The highest BCUT2D eigenvalue weighted by molar-refractivity contribution is 9.11. The van der Waals surface area contributed by atoms with Crippen molar-refractivity contribution in [2.24, 2.45) is 5.10 Å². The molecule has 0 spiro atoms. The number of aromatic carboxylic acids is 1. The van der Waals surface area contributed by atoms with E-state index in [0.29, 0.717) is 21.4 Å². The van der Waals surface area contributed by atoms with Crippen molar-refractivity contribution in [3.05, 3.63) is 85.1 Å². The number of hydrogen-bond donors (Lipinski definition) is 2. The summed E-state index contributed by atoms with van der Waals surface area (Å²) in [6.07, 6.45) is 3.18. The number of nitrogens with one attached hydrogen (secondary N) is 1. The number of halogens is 3. The Labute approximate surface area is 228 Å². The smallest absolute Gasteiger partial charge is 0.337 e. The van der Waals surface area contributed by atoms with Crippen LogP contribution in [0.1, 0.15) is 27.3 Å². The fraction of sp³-hybridized carbons (Fsp3) is 0.120. The minimum atomic E-state index is -1.10. The number of hydrogen-bond acceptors (Lipinski definition) is 5. The number of benzene rings is 2. The van der Waals surface area contributed by atoms with Crippen molar-refractivity contribution >= 4 is 72.5 Å². The number of carboxylic acids is 1. The maximum Gasteiger partial charge on any atom is 0.337 e. The second-order valence-electron chi connectivity index (χ2n) is 7.78. The van der Waals surface area contributed by atoms with Gasteiger partial charge in [-0.15, -0.1) is 0 Å². The van der Waals surface area contributed by atoms with Crippen molar-refractivity contribution in [3.63, 3.8) is 0 Å². The Morgan fingerprint density at radius 1 is 1.19 bits per heavy atom. The van der Waals surface area contributed by atoms with E-state index in [0.717, 1.165) is 26.8 Å². The molecule has 2 aromatic heterocycles. The number of hydrazone groups is 1. The van der Waals surface area contributed by atoms with E-state index in [1.807, 2.05) is 42.7 Å². The summed E-state index contributed by atoms with van der Waals surface area (Å²) in [7, 11) is 0. The summed E-state index contributed by atoms with van der Waals surface area (Å²) in [5.74, 6) is -1.09. The normalized spacial score (nSPS) is 11.2. The van der Waals surface area contributed by atoms with E-state index in [9.17, 15) is 14.7 Å². The zero-order valence-corrected chi connectivity index (χ0v) is 23.0. The molecule has 0 radical (unpaired) electrons. The molecule has 1 amide bonds. The van der Waals surface area contributed by atoms with Gasteiger partial charge in [-0.2, -0.15) is 5.10 Å². The molecular formula is C25H19Br2ClN4O4. The van der Waals surface area contributed by atoms with Crippen LogP contribution in [0.3, 0.4) is 0 Å². The number of carbonyl (C=O) groups is 2. The van der Waals surface area contributed by atoms with E-state index in [1.165, 1.54) is 12.3 Å². The number of fused-ring (bicyclic) bond motifs is 1. The third-order valence-electron chi connectivity index (χ3n) is 5.40. The first-order valence-corrected chi connectivity index (χ1v) is 12.5. The Kier molecular flexibility index (Phi) is 7.77. The lowest BCUT2D eigenvalue weighted by Crippen LogP contribution is -2.24. The molecular weight excluding hydrogens is 616 g/mol. The number of nitrogens with zero attached hydrogens (tertiary/aromatic N) is 3. The molecule has 4 aromatic rings. The number of aryl methyl sites for hydroxylation is 1. The van der Waals surface area contributed by atoms with Gasteiger partial charge in [0, 0.05) is 38.7 Å². The number of pyridine rings is 1. The monoisotopic (exact) mass is 632 g/mol. The molecule has 36 heavy (non-hydrogen) atoms. The van der Waals surface area contributed by atoms with Crippen LogP contribution in [0.4, 0.5) is 0 Å². The second-order valence-corrected chi connectivity index (χ2v) is 9.90. The lowest BCUT2D eigenvalue weighted by atomic mass is 10.2. The third-order valence-corrected chi connectivity index (χ3v) is 6.97. The average Bonchev–Trinajstić information content (AvgIpc) is 3.12. The minimum Gasteiger partial charge on any atom is -0.480 e. The summed E-state index contributed by atoms with van der Waals surface area (Å²) in [5.41, 5.74) is 6.20. The van der Waals surface area contributed by atoms with Crippen LogP contribution in [0.25, 0.3) is 16.6 Å². The Bertz CT molecular complexity index is 1530. The maximum atomic E-state index is 12.4. The molecule has 8 nitrogen and oxygen atoms in total. The number of aromatic nitrogens is 2. The summed E-state index contributed by atoms with van der Waals surface area (Å²) >= 11 is 13.0. The molecule has 11 heteroatoms. The second kappa shape index (κ2) is 10.8. The predicted octanol–water partition coefficient (Wildman–Crippen LogP) is 6.05. The molecule has 0 unspecified atom stereocenters. The third kappa shape index (κ3) is 5.30. The lowest BCUT2D eigenvalue weighted by Gasteiger charge is -2.11. The lowest BCUT2D eigenvalue weighted by molar-refractivity contribution is -0.123. The summed E-state index contributed by atoms with van der Waals surface area (Å²) in [6.45, 7) is 3.50. The zero-order valence-electron chi connectivity index (χ0n) is 19.1. The van der Waals surface area contributed by atoms with Crippen LogP contribution in [0, 0.1) is 13.8 Å². The number of ether oxygens (including phenoxy) is 1. The van der Waals surface area contributed by atoms with Gasteiger partial charge in [0.1, 0.15) is 5.52 Å². The average molecular weight is 635 g/mol. The molecule has 184 valence electrons. The molecule has 0 aliphatic heterocycles. The summed E-state index contributed by atoms with van der Waals surface area (Å²) < 4.78 is 9.14. The van der Waals surface area contributed by atoms with Gasteiger partial charge < -0.3 is 14.4 Å². The summed E-state index contributed by atoms with van der Waals surface area (Å²) in [6, 6.07) is 12.3. The van der Waals surface area contributed by atoms with Crippen molar-refractivity contribution in [2.75, 3.05) is 6.61 Å². The van der Waals surface area contributed by atoms with Crippen LogP contribution in [0.15, 0.2) is 62.7 Å². The number of rotatable bonds is 7. The van der Waals surface area contributed by atoms with Gasteiger partial charge >= 0.3 is 5.97 Å². The Morgan fingerprint density at radius 3 is 2.72 bits per heavy atom. The Morgan fingerprint density at radius 2 is 1.97 bits per heavy atom. The molecule has 0 saturated carbocycles. The topological polar surface area (TPSA) is 106 Å². The zero-order chi connectivity index (χ0) is 26.0. The fourth-order valence-corrected chi connectivity index (χ4v) is 5.35. The molecule has 2 aromatic carbocycles. The first-order chi connectivity index (χ1) is 17.2. The highest BCUT2D eigenvalue weighted by Crippen LogP contribution is 2.37. The molecule has 0 aliphatic carbocycles. The van der Waals surface area contributed by atoms with Gasteiger partial charge in [-0.3, -0.25) is 9.78 Å². The molecule has 4 rings (SSSR count). The number of carboxylic acid groups (broad SMARTS) is 1. The van der Waals surface area contributed by atoms with E-state index < -0.39 is 11.9 Å².